The third-order valence-corrected chi connectivity index (χ3v) is 3.38. The Hall–Kier alpha value is -2.33. The molecular weight excluding hydrogens is 284 g/mol. The van der Waals surface area contributed by atoms with Crippen molar-refractivity contribution in [2.45, 2.75) is 13.5 Å². The van der Waals surface area contributed by atoms with Gasteiger partial charge >= 0.3 is 0 Å². The second-order valence-electron chi connectivity index (χ2n) is 4.79. The van der Waals surface area contributed by atoms with Crippen LogP contribution < -0.4 is 5.32 Å². The largest absolute Gasteiger partial charge is 0.378 e. The first-order valence-electron chi connectivity index (χ1n) is 6.67. The molecule has 0 aliphatic heterocycles. The number of rotatable bonds is 4. The van der Waals surface area contributed by atoms with E-state index in [0.717, 1.165) is 22.6 Å². The fourth-order valence-electron chi connectivity index (χ4n) is 2.05. The quantitative estimate of drug-likeness (QED) is 0.796. The topological polar surface area (TPSA) is 42.7 Å². The average molecular weight is 299 g/mol. The summed E-state index contributed by atoms with van der Waals surface area (Å²) in [7, 11) is 0. The Morgan fingerprint density at radius 1 is 1.24 bits per heavy atom. The summed E-state index contributed by atoms with van der Waals surface area (Å²) in [6, 6.07) is 11.7. The highest BCUT2D eigenvalue weighted by Gasteiger charge is 2.06. The van der Waals surface area contributed by atoms with Gasteiger partial charge in [0.15, 0.2) is 0 Å². The van der Waals surface area contributed by atoms with E-state index in [2.05, 4.69) is 21.5 Å². The van der Waals surface area contributed by atoms with Gasteiger partial charge in [-0.15, -0.1) is 0 Å². The van der Waals surface area contributed by atoms with E-state index in [9.17, 15) is 0 Å². The highest BCUT2D eigenvalue weighted by molar-refractivity contribution is 6.31. The molecule has 0 amide bonds. The average Bonchev–Trinajstić information content (AvgIpc) is 3.01. The normalized spacial score (nSPS) is 10.6. The number of aromatic nitrogens is 3. The summed E-state index contributed by atoms with van der Waals surface area (Å²) >= 11 is 6.10. The number of hydrogen-bond donors (Lipinski definition) is 1. The van der Waals surface area contributed by atoms with Crippen molar-refractivity contribution in [2.75, 3.05) is 5.32 Å². The molecule has 0 aliphatic rings. The van der Waals surface area contributed by atoms with Crippen LogP contribution in [0.25, 0.3) is 5.69 Å². The maximum atomic E-state index is 6.10. The Kier molecular flexibility index (Phi) is 3.88. The van der Waals surface area contributed by atoms with Crippen molar-refractivity contribution in [3.8, 4) is 5.69 Å². The van der Waals surface area contributed by atoms with Crippen LogP contribution in [0.5, 0.6) is 0 Å². The van der Waals surface area contributed by atoms with Crippen LogP contribution in [0.4, 0.5) is 5.69 Å². The van der Waals surface area contributed by atoms with Gasteiger partial charge in [0, 0.05) is 23.6 Å². The molecule has 1 aromatic carbocycles. The molecule has 5 heteroatoms. The van der Waals surface area contributed by atoms with Crippen LogP contribution in [0.15, 0.2) is 55.0 Å². The van der Waals surface area contributed by atoms with Crippen LogP contribution in [0.2, 0.25) is 5.02 Å². The number of aryl methyl sites for hydroxylation is 1. The third kappa shape index (κ3) is 3.23. The molecule has 0 aliphatic carbocycles. The minimum absolute atomic E-state index is 0.634. The predicted molar refractivity (Wildman–Crippen MR) is 84.9 cm³/mol. The molecule has 1 N–H and O–H groups in total. The third-order valence-electron chi connectivity index (χ3n) is 3.14. The molecule has 0 unspecified atom stereocenters. The van der Waals surface area contributed by atoms with Gasteiger partial charge in [-0.05, 0) is 42.8 Å². The summed E-state index contributed by atoms with van der Waals surface area (Å²) in [5, 5.41) is 8.32. The Morgan fingerprint density at radius 2 is 2.14 bits per heavy atom. The zero-order valence-electron chi connectivity index (χ0n) is 11.6. The smallest absolute Gasteiger partial charge is 0.0877 e. The molecule has 2 aromatic heterocycles. The van der Waals surface area contributed by atoms with Crippen molar-refractivity contribution in [1.82, 2.24) is 14.8 Å². The van der Waals surface area contributed by atoms with E-state index in [1.54, 1.807) is 10.9 Å². The zero-order valence-corrected chi connectivity index (χ0v) is 12.4. The van der Waals surface area contributed by atoms with Gasteiger partial charge in [0.1, 0.15) is 0 Å². The second kappa shape index (κ2) is 5.97. The number of halogens is 1. The van der Waals surface area contributed by atoms with Crippen molar-refractivity contribution >= 4 is 17.3 Å². The molecule has 4 nitrogen and oxygen atoms in total. The molecule has 0 saturated carbocycles. The van der Waals surface area contributed by atoms with E-state index in [1.165, 1.54) is 0 Å². The maximum absolute atomic E-state index is 6.10. The summed E-state index contributed by atoms with van der Waals surface area (Å²) < 4.78 is 1.81. The number of nitrogens with zero attached hydrogens (tertiary/aromatic N) is 3. The summed E-state index contributed by atoms with van der Waals surface area (Å²) in [5.41, 5.74) is 4.01. The molecule has 0 spiro atoms. The SMILES string of the molecule is Cc1ccc(CNc2cc(Cl)ccc2-n2cccn2)nc1. The first-order chi connectivity index (χ1) is 10.2. The molecule has 106 valence electrons. The van der Waals surface area contributed by atoms with E-state index < -0.39 is 0 Å². The lowest BCUT2D eigenvalue weighted by atomic mass is 10.2. The molecule has 2 heterocycles. The van der Waals surface area contributed by atoms with Crippen molar-refractivity contribution in [1.29, 1.82) is 0 Å². The molecule has 0 saturated heterocycles. The number of pyridine rings is 1. The molecule has 21 heavy (non-hydrogen) atoms. The number of hydrogen-bond acceptors (Lipinski definition) is 3. The number of anilines is 1. The fraction of sp³-hybridized carbons (Fsp3) is 0.125. The van der Waals surface area contributed by atoms with E-state index in [1.807, 2.05) is 49.6 Å². The van der Waals surface area contributed by atoms with E-state index in [0.29, 0.717) is 11.6 Å². The lowest BCUT2D eigenvalue weighted by Gasteiger charge is -2.12. The molecule has 0 fully saturated rings. The Morgan fingerprint density at radius 3 is 2.86 bits per heavy atom. The maximum Gasteiger partial charge on any atom is 0.0877 e. The van der Waals surface area contributed by atoms with Crippen molar-refractivity contribution in [2.24, 2.45) is 0 Å². The first-order valence-corrected chi connectivity index (χ1v) is 7.05. The summed E-state index contributed by atoms with van der Waals surface area (Å²) in [4.78, 5) is 4.39. The van der Waals surface area contributed by atoms with E-state index in [-0.39, 0.29) is 0 Å². The highest BCUT2D eigenvalue weighted by atomic mass is 35.5. The van der Waals surface area contributed by atoms with Gasteiger partial charge in [-0.1, -0.05) is 17.7 Å². The number of benzene rings is 1. The molecule has 0 radical (unpaired) electrons. The second-order valence-corrected chi connectivity index (χ2v) is 5.23. The Bertz CT molecular complexity index is 721. The minimum Gasteiger partial charge on any atom is -0.378 e. The predicted octanol–water partition coefficient (Wildman–Crippen LogP) is 3.84. The molecule has 0 atom stereocenters. The monoisotopic (exact) mass is 298 g/mol. The zero-order chi connectivity index (χ0) is 14.7. The van der Waals surface area contributed by atoms with Gasteiger partial charge in [0.25, 0.3) is 0 Å². The van der Waals surface area contributed by atoms with Gasteiger partial charge in [-0.3, -0.25) is 4.98 Å². The van der Waals surface area contributed by atoms with Crippen molar-refractivity contribution in [3.63, 3.8) is 0 Å². The molecule has 0 bridgehead atoms. The van der Waals surface area contributed by atoms with Crippen LogP contribution in [-0.4, -0.2) is 14.8 Å². The van der Waals surface area contributed by atoms with Gasteiger partial charge in [-0.2, -0.15) is 5.10 Å². The Balaban J connectivity index is 1.84. The van der Waals surface area contributed by atoms with E-state index >= 15 is 0 Å². The van der Waals surface area contributed by atoms with Crippen molar-refractivity contribution < 1.29 is 0 Å². The molecule has 3 aromatic rings. The van der Waals surface area contributed by atoms with Gasteiger partial charge in [0.2, 0.25) is 0 Å². The summed E-state index contributed by atoms with van der Waals surface area (Å²) in [6.45, 7) is 2.66. The van der Waals surface area contributed by atoms with Crippen molar-refractivity contribution in [3.05, 3.63) is 71.3 Å². The molecule has 3 rings (SSSR count). The van der Waals surface area contributed by atoms with Crippen LogP contribution in [0.1, 0.15) is 11.3 Å². The van der Waals surface area contributed by atoms with Crippen LogP contribution >= 0.6 is 11.6 Å². The standard InChI is InChI=1S/C16H15ClN4/c1-12-3-5-14(18-10-12)11-19-15-9-13(17)4-6-16(15)21-8-2-7-20-21/h2-10,19H,11H2,1H3. The Labute approximate surface area is 128 Å². The highest BCUT2D eigenvalue weighted by Crippen LogP contribution is 2.24. The molecular formula is C16H15ClN4. The minimum atomic E-state index is 0.634. The van der Waals surface area contributed by atoms with Crippen LogP contribution in [-0.2, 0) is 6.54 Å². The summed E-state index contributed by atoms with van der Waals surface area (Å²) in [6.07, 6.45) is 5.52. The summed E-state index contributed by atoms with van der Waals surface area (Å²) in [5.74, 6) is 0. The van der Waals surface area contributed by atoms with Crippen LogP contribution in [0, 0.1) is 6.92 Å². The van der Waals surface area contributed by atoms with Crippen LogP contribution in [0.3, 0.4) is 0 Å². The lowest BCUT2D eigenvalue weighted by molar-refractivity contribution is 0.878. The van der Waals surface area contributed by atoms with Gasteiger partial charge in [0.05, 0.1) is 23.6 Å². The van der Waals surface area contributed by atoms with Gasteiger partial charge in [-0.25, -0.2) is 4.68 Å². The lowest BCUT2D eigenvalue weighted by Crippen LogP contribution is -2.06. The number of nitrogens with one attached hydrogen (secondary N) is 1. The van der Waals surface area contributed by atoms with E-state index in [4.69, 9.17) is 11.6 Å². The van der Waals surface area contributed by atoms with Gasteiger partial charge < -0.3 is 5.32 Å². The fourth-order valence-corrected chi connectivity index (χ4v) is 2.22. The first kappa shape index (κ1) is 13.6.